The first-order valence-corrected chi connectivity index (χ1v) is 10.5. The molecule has 2 aromatic heterocycles. The summed E-state index contributed by atoms with van der Waals surface area (Å²) in [5, 5.41) is 9.00. The van der Waals surface area contributed by atoms with Crippen molar-refractivity contribution in [2.24, 2.45) is 7.05 Å². The molecule has 4 rings (SSSR count). The Morgan fingerprint density at radius 3 is 2.79 bits per heavy atom. The third-order valence-corrected chi connectivity index (χ3v) is 6.03. The molecule has 0 bridgehead atoms. The monoisotopic (exact) mass is 382 g/mol. The number of nitrogens with zero attached hydrogens (tertiary/aromatic N) is 6. The van der Waals surface area contributed by atoms with Gasteiger partial charge in [0.1, 0.15) is 11.6 Å². The van der Waals surface area contributed by atoms with Gasteiger partial charge in [-0.1, -0.05) is 12.5 Å². The molecule has 1 amide bonds. The number of piperidine rings is 2. The van der Waals surface area contributed by atoms with Crippen LogP contribution in [-0.4, -0.2) is 61.6 Å². The van der Waals surface area contributed by atoms with Crippen molar-refractivity contribution in [1.82, 2.24) is 29.5 Å². The molecule has 2 aromatic rings. The zero-order valence-electron chi connectivity index (χ0n) is 16.8. The van der Waals surface area contributed by atoms with Gasteiger partial charge in [-0.15, -0.1) is 10.2 Å². The summed E-state index contributed by atoms with van der Waals surface area (Å²) in [5.41, 5.74) is 0.970. The molecule has 7 heteroatoms. The van der Waals surface area contributed by atoms with Gasteiger partial charge in [0.25, 0.3) is 0 Å². The van der Waals surface area contributed by atoms with Crippen molar-refractivity contribution in [2.75, 3.05) is 26.2 Å². The van der Waals surface area contributed by atoms with Gasteiger partial charge < -0.3 is 9.47 Å². The van der Waals surface area contributed by atoms with Crippen LogP contribution in [0.25, 0.3) is 0 Å². The summed E-state index contributed by atoms with van der Waals surface area (Å²) in [7, 11) is 2.07. The van der Waals surface area contributed by atoms with Gasteiger partial charge in [-0.3, -0.25) is 14.7 Å². The van der Waals surface area contributed by atoms with E-state index in [-0.39, 0.29) is 11.8 Å². The Bertz CT molecular complexity index is 783. The molecule has 0 saturated carbocycles. The van der Waals surface area contributed by atoms with E-state index in [0.717, 1.165) is 62.8 Å². The van der Waals surface area contributed by atoms with Crippen LogP contribution in [-0.2, 0) is 24.8 Å². The van der Waals surface area contributed by atoms with Crippen molar-refractivity contribution in [3.8, 4) is 0 Å². The SMILES string of the molecule is Cn1c(CN2CCCCC2)nnc1[C@H]1CCCN(C(=O)Cc2cccnc2)C1. The summed E-state index contributed by atoms with van der Waals surface area (Å²) in [5.74, 6) is 2.49. The number of amides is 1. The summed E-state index contributed by atoms with van der Waals surface area (Å²) < 4.78 is 2.16. The van der Waals surface area contributed by atoms with Gasteiger partial charge in [-0.2, -0.15) is 0 Å². The lowest BCUT2D eigenvalue weighted by atomic mass is 9.96. The lowest BCUT2D eigenvalue weighted by Crippen LogP contribution is -2.40. The Balaban J connectivity index is 1.39. The number of pyridine rings is 1. The van der Waals surface area contributed by atoms with Crippen molar-refractivity contribution in [3.63, 3.8) is 0 Å². The molecule has 2 aliphatic rings. The molecular formula is C21H30N6O. The normalized spacial score (nSPS) is 21.0. The molecule has 0 aliphatic carbocycles. The maximum absolute atomic E-state index is 12.7. The van der Waals surface area contributed by atoms with Crippen LogP contribution in [0.1, 0.15) is 55.2 Å². The highest BCUT2D eigenvalue weighted by Crippen LogP contribution is 2.26. The Labute approximate surface area is 166 Å². The first-order chi connectivity index (χ1) is 13.7. The molecule has 7 nitrogen and oxygen atoms in total. The van der Waals surface area contributed by atoms with E-state index in [1.54, 1.807) is 12.4 Å². The van der Waals surface area contributed by atoms with Crippen LogP contribution < -0.4 is 0 Å². The van der Waals surface area contributed by atoms with Crippen LogP contribution in [0, 0.1) is 0 Å². The van der Waals surface area contributed by atoms with Gasteiger partial charge in [-0.05, 0) is 50.4 Å². The summed E-state index contributed by atoms with van der Waals surface area (Å²) in [4.78, 5) is 21.3. The second kappa shape index (κ2) is 8.82. The molecule has 0 N–H and O–H groups in total. The first-order valence-electron chi connectivity index (χ1n) is 10.5. The summed E-state index contributed by atoms with van der Waals surface area (Å²) in [6.45, 7) is 4.74. The number of carbonyl (C=O) groups excluding carboxylic acids is 1. The van der Waals surface area contributed by atoms with E-state index >= 15 is 0 Å². The van der Waals surface area contributed by atoms with Crippen LogP contribution in [0.4, 0.5) is 0 Å². The molecule has 4 heterocycles. The van der Waals surface area contributed by atoms with Crippen molar-refractivity contribution >= 4 is 5.91 Å². The van der Waals surface area contributed by atoms with Crippen molar-refractivity contribution in [3.05, 3.63) is 41.7 Å². The van der Waals surface area contributed by atoms with Gasteiger partial charge in [0.2, 0.25) is 5.91 Å². The number of hydrogen-bond donors (Lipinski definition) is 0. The van der Waals surface area contributed by atoms with Gasteiger partial charge >= 0.3 is 0 Å². The highest BCUT2D eigenvalue weighted by molar-refractivity contribution is 5.78. The van der Waals surface area contributed by atoms with E-state index in [1.807, 2.05) is 17.0 Å². The molecule has 0 radical (unpaired) electrons. The van der Waals surface area contributed by atoms with Crippen LogP contribution in [0.15, 0.2) is 24.5 Å². The minimum Gasteiger partial charge on any atom is -0.342 e. The van der Waals surface area contributed by atoms with Crippen molar-refractivity contribution in [2.45, 2.75) is 51.0 Å². The van der Waals surface area contributed by atoms with Crippen molar-refractivity contribution < 1.29 is 4.79 Å². The molecule has 28 heavy (non-hydrogen) atoms. The second-order valence-electron chi connectivity index (χ2n) is 8.09. The van der Waals surface area contributed by atoms with Crippen LogP contribution in [0.2, 0.25) is 0 Å². The molecule has 2 aliphatic heterocycles. The number of likely N-dealkylation sites (tertiary alicyclic amines) is 2. The fourth-order valence-corrected chi connectivity index (χ4v) is 4.39. The van der Waals surface area contributed by atoms with Gasteiger partial charge in [0.05, 0.1) is 13.0 Å². The van der Waals surface area contributed by atoms with Crippen LogP contribution in [0.3, 0.4) is 0 Å². The third kappa shape index (κ3) is 4.41. The molecular weight excluding hydrogens is 352 g/mol. The lowest BCUT2D eigenvalue weighted by molar-refractivity contribution is -0.131. The molecule has 0 spiro atoms. The number of hydrogen-bond acceptors (Lipinski definition) is 5. The van der Waals surface area contributed by atoms with E-state index in [2.05, 4.69) is 31.7 Å². The number of carbonyl (C=O) groups is 1. The zero-order valence-corrected chi connectivity index (χ0v) is 16.8. The molecule has 150 valence electrons. The second-order valence-corrected chi connectivity index (χ2v) is 8.09. The van der Waals surface area contributed by atoms with Crippen molar-refractivity contribution in [1.29, 1.82) is 0 Å². The Hall–Kier alpha value is -2.28. The van der Waals surface area contributed by atoms with E-state index in [0.29, 0.717) is 6.42 Å². The summed E-state index contributed by atoms with van der Waals surface area (Å²) in [6.07, 6.45) is 9.90. The average molecular weight is 383 g/mol. The van der Waals surface area contributed by atoms with Crippen LogP contribution in [0.5, 0.6) is 0 Å². The standard InChI is InChI=1S/C21H30N6O/c1-25-19(16-26-10-3-2-4-11-26)23-24-21(25)18-8-6-12-27(15-18)20(28)13-17-7-5-9-22-14-17/h5,7,9,14,18H,2-4,6,8,10-13,15-16H2,1H3/t18-/m0/s1. The predicted molar refractivity (Wildman–Crippen MR) is 107 cm³/mol. The third-order valence-electron chi connectivity index (χ3n) is 6.03. The number of aromatic nitrogens is 4. The zero-order chi connectivity index (χ0) is 19.3. The molecule has 2 saturated heterocycles. The molecule has 1 atom stereocenters. The Morgan fingerprint density at radius 2 is 2.00 bits per heavy atom. The number of rotatable bonds is 5. The maximum Gasteiger partial charge on any atom is 0.227 e. The molecule has 0 unspecified atom stereocenters. The fourth-order valence-electron chi connectivity index (χ4n) is 4.39. The Kier molecular flexibility index (Phi) is 6.00. The van der Waals surface area contributed by atoms with Gasteiger partial charge in [-0.25, -0.2) is 0 Å². The molecule has 2 fully saturated rings. The van der Waals surface area contributed by atoms with E-state index in [4.69, 9.17) is 0 Å². The minimum absolute atomic E-state index is 0.174. The summed E-state index contributed by atoms with van der Waals surface area (Å²) >= 11 is 0. The van der Waals surface area contributed by atoms with E-state index in [1.165, 1.54) is 19.3 Å². The first kappa shape index (κ1) is 19.1. The summed E-state index contributed by atoms with van der Waals surface area (Å²) in [6, 6.07) is 3.84. The van der Waals surface area contributed by atoms with E-state index in [9.17, 15) is 4.79 Å². The molecule has 0 aromatic carbocycles. The van der Waals surface area contributed by atoms with Gasteiger partial charge in [0, 0.05) is 38.4 Å². The van der Waals surface area contributed by atoms with Crippen LogP contribution >= 0.6 is 0 Å². The fraction of sp³-hybridized carbons (Fsp3) is 0.619. The lowest BCUT2D eigenvalue weighted by Gasteiger charge is -2.32. The predicted octanol–water partition coefficient (Wildman–Crippen LogP) is 2.14. The highest BCUT2D eigenvalue weighted by Gasteiger charge is 2.28. The largest absolute Gasteiger partial charge is 0.342 e. The highest BCUT2D eigenvalue weighted by atomic mass is 16.2. The smallest absolute Gasteiger partial charge is 0.227 e. The minimum atomic E-state index is 0.174. The maximum atomic E-state index is 12.7. The Morgan fingerprint density at radius 1 is 1.14 bits per heavy atom. The van der Waals surface area contributed by atoms with Gasteiger partial charge in [0.15, 0.2) is 0 Å². The quantitative estimate of drug-likeness (QED) is 0.793. The average Bonchev–Trinajstić information content (AvgIpc) is 3.10. The van der Waals surface area contributed by atoms with E-state index < -0.39 is 0 Å². The topological polar surface area (TPSA) is 67.2 Å².